The summed E-state index contributed by atoms with van der Waals surface area (Å²) in [6, 6.07) is 8.96. The molecule has 0 unspecified atom stereocenters. The lowest BCUT2D eigenvalue weighted by molar-refractivity contribution is -0.115. The smallest absolute Gasteiger partial charge is 0.238 e. The number of nitrogens with one attached hydrogen (secondary N) is 2. The maximum Gasteiger partial charge on any atom is 0.238 e. The van der Waals surface area contributed by atoms with Gasteiger partial charge >= 0.3 is 0 Å². The minimum Gasteiger partial charge on any atom is -0.468 e. The van der Waals surface area contributed by atoms with Gasteiger partial charge in [0, 0.05) is 11.8 Å². The quantitative estimate of drug-likeness (QED) is 0.883. The van der Waals surface area contributed by atoms with E-state index < -0.39 is 0 Å². The van der Waals surface area contributed by atoms with Gasteiger partial charge in [-0.3, -0.25) is 10.1 Å². The van der Waals surface area contributed by atoms with Crippen molar-refractivity contribution in [2.45, 2.75) is 13.0 Å². The Morgan fingerprint density at radius 3 is 2.95 bits per heavy atom. The number of hydrogen-bond donors (Lipinski definition) is 2. The zero-order valence-corrected chi connectivity index (χ0v) is 11.6. The molecular formula is C15H16N2O4. The summed E-state index contributed by atoms with van der Waals surface area (Å²) in [5.74, 6) is 2.00. The zero-order chi connectivity index (χ0) is 14.7. The average Bonchev–Trinajstić information content (AvgIpc) is 3.15. The molecule has 0 fully saturated rings. The lowest BCUT2D eigenvalue weighted by Crippen LogP contribution is -2.29. The van der Waals surface area contributed by atoms with Gasteiger partial charge in [-0.05, 0) is 31.2 Å². The molecule has 2 aromatic rings. The molecule has 3 rings (SSSR count). The van der Waals surface area contributed by atoms with Gasteiger partial charge in [0.1, 0.15) is 5.76 Å². The third-order valence-electron chi connectivity index (χ3n) is 3.20. The van der Waals surface area contributed by atoms with Crippen LogP contribution in [0.25, 0.3) is 0 Å². The molecule has 1 amide bonds. The average molecular weight is 288 g/mol. The van der Waals surface area contributed by atoms with Crippen LogP contribution in [0.1, 0.15) is 18.7 Å². The second kappa shape index (κ2) is 5.88. The third-order valence-corrected chi connectivity index (χ3v) is 3.20. The lowest BCUT2D eigenvalue weighted by Gasteiger charge is -2.11. The van der Waals surface area contributed by atoms with Gasteiger partial charge in [-0.1, -0.05) is 0 Å². The molecule has 1 aliphatic rings. The van der Waals surface area contributed by atoms with Crippen molar-refractivity contribution in [3.8, 4) is 11.5 Å². The van der Waals surface area contributed by atoms with Crippen LogP contribution >= 0.6 is 0 Å². The van der Waals surface area contributed by atoms with Gasteiger partial charge in [0.15, 0.2) is 11.5 Å². The number of fused-ring (bicyclic) bond motifs is 1. The molecule has 6 heteroatoms. The highest BCUT2D eigenvalue weighted by Crippen LogP contribution is 2.34. The largest absolute Gasteiger partial charge is 0.468 e. The van der Waals surface area contributed by atoms with Crippen LogP contribution in [0, 0.1) is 0 Å². The number of carbonyl (C=O) groups is 1. The van der Waals surface area contributed by atoms with Gasteiger partial charge in [-0.2, -0.15) is 0 Å². The van der Waals surface area contributed by atoms with Crippen LogP contribution in [-0.2, 0) is 4.79 Å². The van der Waals surface area contributed by atoms with Gasteiger partial charge in [-0.25, -0.2) is 0 Å². The Balaban J connectivity index is 1.52. The minimum atomic E-state index is -0.132. The molecule has 0 saturated carbocycles. The molecule has 1 aromatic carbocycles. The van der Waals surface area contributed by atoms with E-state index in [2.05, 4.69) is 10.6 Å². The van der Waals surface area contributed by atoms with E-state index in [-0.39, 0.29) is 25.3 Å². The first-order chi connectivity index (χ1) is 10.2. The number of anilines is 1. The number of furan rings is 1. The van der Waals surface area contributed by atoms with Crippen LogP contribution in [0.4, 0.5) is 5.69 Å². The molecule has 0 aliphatic carbocycles. The van der Waals surface area contributed by atoms with E-state index in [9.17, 15) is 4.79 Å². The summed E-state index contributed by atoms with van der Waals surface area (Å²) in [7, 11) is 0. The molecule has 2 heterocycles. The maximum absolute atomic E-state index is 11.9. The summed E-state index contributed by atoms with van der Waals surface area (Å²) in [5, 5.41) is 5.90. The summed E-state index contributed by atoms with van der Waals surface area (Å²) in [4.78, 5) is 11.9. The molecule has 2 N–H and O–H groups in total. The molecule has 110 valence electrons. The fraction of sp³-hybridized carbons (Fsp3) is 0.267. The molecular weight excluding hydrogens is 272 g/mol. The van der Waals surface area contributed by atoms with Crippen molar-refractivity contribution in [3.05, 3.63) is 42.4 Å². The predicted molar refractivity (Wildman–Crippen MR) is 76.3 cm³/mol. The molecule has 1 aromatic heterocycles. The van der Waals surface area contributed by atoms with E-state index in [1.165, 1.54) is 0 Å². The van der Waals surface area contributed by atoms with Crippen LogP contribution in [0.2, 0.25) is 0 Å². The second-order valence-corrected chi connectivity index (χ2v) is 4.73. The van der Waals surface area contributed by atoms with Crippen molar-refractivity contribution in [1.82, 2.24) is 5.32 Å². The molecule has 1 aliphatic heterocycles. The Bertz CT molecular complexity index is 625. The van der Waals surface area contributed by atoms with E-state index in [0.717, 1.165) is 5.76 Å². The first-order valence-electron chi connectivity index (χ1n) is 6.68. The van der Waals surface area contributed by atoms with Crippen LogP contribution < -0.4 is 20.1 Å². The van der Waals surface area contributed by atoms with Crippen LogP contribution in [0.3, 0.4) is 0 Å². The van der Waals surface area contributed by atoms with Crippen molar-refractivity contribution in [2.75, 3.05) is 18.7 Å². The van der Waals surface area contributed by atoms with Gasteiger partial charge in [0.25, 0.3) is 0 Å². The van der Waals surface area contributed by atoms with Crippen molar-refractivity contribution < 1.29 is 18.7 Å². The predicted octanol–water partition coefficient (Wildman–Crippen LogP) is 2.30. The fourth-order valence-corrected chi connectivity index (χ4v) is 2.06. The van der Waals surface area contributed by atoms with Crippen LogP contribution in [-0.4, -0.2) is 19.2 Å². The van der Waals surface area contributed by atoms with Crippen LogP contribution in [0.15, 0.2) is 41.0 Å². The van der Waals surface area contributed by atoms with Gasteiger partial charge in [-0.15, -0.1) is 0 Å². The van der Waals surface area contributed by atoms with Gasteiger partial charge < -0.3 is 19.2 Å². The SMILES string of the molecule is C[C@@H](NCC(=O)Nc1ccc2c(c1)OCO2)c1ccco1. The van der Waals surface area contributed by atoms with E-state index >= 15 is 0 Å². The molecule has 0 saturated heterocycles. The topological polar surface area (TPSA) is 72.7 Å². The van der Waals surface area contributed by atoms with Crippen LogP contribution in [0.5, 0.6) is 11.5 Å². The highest BCUT2D eigenvalue weighted by molar-refractivity contribution is 5.92. The highest BCUT2D eigenvalue weighted by atomic mass is 16.7. The van der Waals surface area contributed by atoms with Crippen molar-refractivity contribution in [2.24, 2.45) is 0 Å². The number of carbonyl (C=O) groups excluding carboxylic acids is 1. The molecule has 0 radical (unpaired) electrons. The summed E-state index contributed by atoms with van der Waals surface area (Å²) >= 11 is 0. The van der Waals surface area contributed by atoms with E-state index in [1.54, 1.807) is 24.5 Å². The Morgan fingerprint density at radius 2 is 2.14 bits per heavy atom. The minimum absolute atomic E-state index is 0.0255. The van der Waals surface area contributed by atoms with Crippen molar-refractivity contribution in [3.63, 3.8) is 0 Å². The second-order valence-electron chi connectivity index (χ2n) is 4.73. The molecule has 21 heavy (non-hydrogen) atoms. The number of rotatable bonds is 5. The zero-order valence-electron chi connectivity index (χ0n) is 11.6. The molecule has 0 spiro atoms. The van der Waals surface area contributed by atoms with Gasteiger partial charge in [0.05, 0.1) is 18.8 Å². The molecule has 1 atom stereocenters. The number of hydrogen-bond acceptors (Lipinski definition) is 5. The fourth-order valence-electron chi connectivity index (χ4n) is 2.06. The maximum atomic E-state index is 11.9. The number of ether oxygens (including phenoxy) is 2. The number of amides is 1. The third kappa shape index (κ3) is 3.17. The Kier molecular flexibility index (Phi) is 3.79. The van der Waals surface area contributed by atoms with Gasteiger partial charge in [0.2, 0.25) is 12.7 Å². The van der Waals surface area contributed by atoms with E-state index in [4.69, 9.17) is 13.9 Å². The lowest BCUT2D eigenvalue weighted by atomic mass is 10.2. The monoisotopic (exact) mass is 288 g/mol. The van der Waals surface area contributed by atoms with Crippen molar-refractivity contribution in [1.29, 1.82) is 0 Å². The first-order valence-corrected chi connectivity index (χ1v) is 6.68. The molecule has 0 bridgehead atoms. The summed E-state index contributed by atoms with van der Waals surface area (Å²) in [5.41, 5.74) is 0.678. The van der Waals surface area contributed by atoms with E-state index in [0.29, 0.717) is 17.2 Å². The summed E-state index contributed by atoms with van der Waals surface area (Å²) < 4.78 is 15.8. The summed E-state index contributed by atoms with van der Waals surface area (Å²) in [6.45, 7) is 2.35. The Morgan fingerprint density at radius 1 is 1.29 bits per heavy atom. The molecule has 6 nitrogen and oxygen atoms in total. The Hall–Kier alpha value is -2.47. The van der Waals surface area contributed by atoms with E-state index in [1.807, 2.05) is 19.1 Å². The number of benzene rings is 1. The normalized spacial score (nSPS) is 14.0. The van der Waals surface area contributed by atoms with Crippen molar-refractivity contribution >= 4 is 11.6 Å². The first kappa shape index (κ1) is 13.5. The highest BCUT2D eigenvalue weighted by Gasteiger charge is 2.14. The Labute approximate surface area is 122 Å². The standard InChI is InChI=1S/C15H16N2O4/c1-10(12-3-2-6-19-12)16-8-15(18)17-11-4-5-13-14(7-11)21-9-20-13/h2-7,10,16H,8-9H2,1H3,(H,17,18)/t10-/m1/s1. The summed E-state index contributed by atoms with van der Waals surface area (Å²) in [6.07, 6.45) is 1.61.